The summed E-state index contributed by atoms with van der Waals surface area (Å²) in [5, 5.41) is 10.8. The molecule has 0 unspecified atom stereocenters. The second-order valence-corrected chi connectivity index (χ2v) is 8.09. The summed E-state index contributed by atoms with van der Waals surface area (Å²) >= 11 is 0. The van der Waals surface area contributed by atoms with Crippen molar-refractivity contribution in [3.8, 4) is 33.9 Å². The van der Waals surface area contributed by atoms with Crippen LogP contribution in [0.1, 0.15) is 13.3 Å². The van der Waals surface area contributed by atoms with E-state index in [1.165, 1.54) is 0 Å². The molecule has 0 spiro atoms. The number of nitrogens with one attached hydrogen (secondary N) is 3. The molecular formula is C26H21N9. The van der Waals surface area contributed by atoms with Crippen molar-refractivity contribution in [2.45, 2.75) is 13.3 Å². The number of aromatic nitrogens is 8. The third-order valence-electron chi connectivity index (χ3n) is 5.78. The zero-order valence-electron chi connectivity index (χ0n) is 18.9. The van der Waals surface area contributed by atoms with Gasteiger partial charge in [0.1, 0.15) is 5.52 Å². The molecule has 3 N–H and O–H groups in total. The lowest BCUT2D eigenvalue weighted by molar-refractivity contribution is 1.10. The molecule has 0 fully saturated rings. The van der Waals surface area contributed by atoms with Crippen LogP contribution in [0.4, 0.5) is 5.69 Å². The second-order valence-electron chi connectivity index (χ2n) is 8.09. The predicted octanol–water partition coefficient (Wildman–Crippen LogP) is 5.36. The molecule has 0 aliphatic rings. The average molecular weight is 460 g/mol. The maximum Gasteiger partial charge on any atom is 0.178 e. The molecule has 0 radical (unpaired) electrons. The van der Waals surface area contributed by atoms with Crippen LogP contribution in [0.25, 0.3) is 56.1 Å². The van der Waals surface area contributed by atoms with E-state index in [1.54, 1.807) is 24.8 Å². The van der Waals surface area contributed by atoms with Crippen LogP contribution < -0.4 is 5.32 Å². The number of aromatic amines is 2. The molecule has 0 aromatic carbocycles. The molecule has 6 heterocycles. The first-order valence-electron chi connectivity index (χ1n) is 11.2. The molecule has 0 amide bonds. The smallest absolute Gasteiger partial charge is 0.178 e. The molecule has 6 aromatic rings. The van der Waals surface area contributed by atoms with Gasteiger partial charge < -0.3 is 10.3 Å². The molecule has 6 aromatic heterocycles. The first-order chi connectivity index (χ1) is 17.2. The first-order valence-corrected chi connectivity index (χ1v) is 11.2. The van der Waals surface area contributed by atoms with Crippen molar-refractivity contribution in [1.29, 1.82) is 0 Å². The number of pyridine rings is 4. The molecule has 9 heteroatoms. The van der Waals surface area contributed by atoms with E-state index in [4.69, 9.17) is 9.97 Å². The van der Waals surface area contributed by atoms with Crippen molar-refractivity contribution in [3.63, 3.8) is 0 Å². The highest BCUT2D eigenvalue weighted by molar-refractivity contribution is 5.94. The van der Waals surface area contributed by atoms with E-state index in [1.807, 2.05) is 42.6 Å². The van der Waals surface area contributed by atoms with Crippen molar-refractivity contribution in [2.24, 2.45) is 0 Å². The topological polar surface area (TPSA) is 121 Å². The molecule has 0 saturated heterocycles. The molecule has 0 aliphatic carbocycles. The van der Waals surface area contributed by atoms with Gasteiger partial charge in [-0.25, -0.2) is 15.0 Å². The standard InChI is InChI=1S/C26H21N9/c1-3-15(2)30-18-11-17(13-28-14-18)20-6-7-21-23(31-20)24(35-34-21)26-32-22-19(8-10-29-25(22)33-26)16-5-4-9-27-12-16/h4-14,30H,2-3H2,1H3,(H,34,35)(H,29,32,33). The molecule has 9 nitrogen and oxygen atoms in total. The van der Waals surface area contributed by atoms with E-state index in [-0.39, 0.29) is 0 Å². The van der Waals surface area contributed by atoms with Gasteiger partial charge in [0.2, 0.25) is 0 Å². The molecule has 0 saturated carbocycles. The molecular weight excluding hydrogens is 438 g/mol. The van der Waals surface area contributed by atoms with Crippen molar-refractivity contribution in [2.75, 3.05) is 5.32 Å². The van der Waals surface area contributed by atoms with Gasteiger partial charge >= 0.3 is 0 Å². The van der Waals surface area contributed by atoms with Gasteiger partial charge in [0, 0.05) is 47.2 Å². The number of H-pyrrole nitrogens is 2. The highest BCUT2D eigenvalue weighted by atomic mass is 15.2. The van der Waals surface area contributed by atoms with Crippen molar-refractivity contribution in [1.82, 2.24) is 40.1 Å². The van der Waals surface area contributed by atoms with Crippen molar-refractivity contribution >= 4 is 27.9 Å². The third kappa shape index (κ3) is 3.78. The highest BCUT2D eigenvalue weighted by Crippen LogP contribution is 2.31. The third-order valence-corrected chi connectivity index (χ3v) is 5.78. The Labute approximate surface area is 200 Å². The van der Waals surface area contributed by atoms with Crippen LogP contribution >= 0.6 is 0 Å². The van der Waals surface area contributed by atoms with Gasteiger partial charge in [0.15, 0.2) is 17.2 Å². The molecule has 0 aliphatic heterocycles. The highest BCUT2D eigenvalue weighted by Gasteiger charge is 2.17. The number of rotatable bonds is 6. The lowest BCUT2D eigenvalue weighted by atomic mass is 10.1. The minimum Gasteiger partial charge on any atom is -0.358 e. The lowest BCUT2D eigenvalue weighted by Crippen LogP contribution is -1.97. The van der Waals surface area contributed by atoms with Crippen molar-refractivity contribution < 1.29 is 0 Å². The van der Waals surface area contributed by atoms with Crippen LogP contribution in [0.5, 0.6) is 0 Å². The fourth-order valence-corrected chi connectivity index (χ4v) is 3.95. The number of allylic oxidation sites excluding steroid dienone is 1. The number of nitrogens with zero attached hydrogens (tertiary/aromatic N) is 6. The first kappa shape index (κ1) is 20.7. The van der Waals surface area contributed by atoms with E-state index in [0.717, 1.165) is 51.2 Å². The monoisotopic (exact) mass is 459 g/mol. The summed E-state index contributed by atoms with van der Waals surface area (Å²) < 4.78 is 0. The Morgan fingerprint density at radius 2 is 1.91 bits per heavy atom. The van der Waals surface area contributed by atoms with E-state index >= 15 is 0 Å². The zero-order valence-corrected chi connectivity index (χ0v) is 18.9. The number of fused-ring (bicyclic) bond motifs is 2. The summed E-state index contributed by atoms with van der Waals surface area (Å²) in [6, 6.07) is 11.8. The van der Waals surface area contributed by atoms with E-state index in [0.29, 0.717) is 22.7 Å². The van der Waals surface area contributed by atoms with Gasteiger partial charge in [-0.15, -0.1) is 0 Å². The van der Waals surface area contributed by atoms with E-state index in [2.05, 4.69) is 49.0 Å². The summed E-state index contributed by atoms with van der Waals surface area (Å²) in [7, 11) is 0. The summed E-state index contributed by atoms with van der Waals surface area (Å²) in [6.07, 6.45) is 9.71. The Kier molecular flexibility index (Phi) is 4.99. The van der Waals surface area contributed by atoms with E-state index in [9.17, 15) is 0 Å². The fourth-order valence-electron chi connectivity index (χ4n) is 3.95. The molecule has 0 atom stereocenters. The minimum absolute atomic E-state index is 0.590. The van der Waals surface area contributed by atoms with Gasteiger partial charge in [-0.3, -0.25) is 15.1 Å². The number of imidazole rings is 1. The molecule has 0 bridgehead atoms. The van der Waals surface area contributed by atoms with Gasteiger partial charge in [-0.05, 0) is 36.8 Å². The molecule has 6 rings (SSSR count). The zero-order chi connectivity index (χ0) is 23.8. The second kappa shape index (κ2) is 8.45. The lowest BCUT2D eigenvalue weighted by Gasteiger charge is -2.08. The van der Waals surface area contributed by atoms with Crippen LogP contribution in [-0.2, 0) is 0 Å². The Morgan fingerprint density at radius 1 is 1.00 bits per heavy atom. The van der Waals surface area contributed by atoms with Crippen molar-refractivity contribution in [3.05, 3.63) is 79.7 Å². The van der Waals surface area contributed by atoms with Crippen LogP contribution in [0.3, 0.4) is 0 Å². The number of hydrogen-bond acceptors (Lipinski definition) is 7. The Balaban J connectivity index is 1.43. The largest absolute Gasteiger partial charge is 0.358 e. The Bertz CT molecular complexity index is 1680. The SMILES string of the molecule is C=C(CC)Nc1cncc(-c2ccc3[nH]nc(-c4nc5nccc(-c6cccnc6)c5[nH]4)c3n2)c1. The maximum atomic E-state index is 4.90. The van der Waals surface area contributed by atoms with Gasteiger partial charge in [0.25, 0.3) is 0 Å². The average Bonchev–Trinajstić information content (AvgIpc) is 3.53. The molecule has 170 valence electrons. The van der Waals surface area contributed by atoms with Gasteiger partial charge in [-0.1, -0.05) is 19.6 Å². The normalized spacial score (nSPS) is 11.2. The predicted molar refractivity (Wildman–Crippen MR) is 136 cm³/mol. The van der Waals surface area contributed by atoms with Crippen LogP contribution in [0.2, 0.25) is 0 Å². The Morgan fingerprint density at radius 3 is 2.77 bits per heavy atom. The Hall–Kier alpha value is -4.92. The van der Waals surface area contributed by atoms with E-state index < -0.39 is 0 Å². The summed E-state index contributed by atoms with van der Waals surface area (Å²) in [5.41, 5.74) is 8.99. The quantitative estimate of drug-likeness (QED) is 0.307. The maximum absolute atomic E-state index is 4.90. The van der Waals surface area contributed by atoms with Crippen LogP contribution in [0, 0.1) is 0 Å². The number of hydrogen-bond donors (Lipinski definition) is 3. The van der Waals surface area contributed by atoms with Gasteiger partial charge in [-0.2, -0.15) is 5.10 Å². The summed E-state index contributed by atoms with van der Waals surface area (Å²) in [4.78, 5) is 26.0. The molecule has 35 heavy (non-hydrogen) atoms. The summed E-state index contributed by atoms with van der Waals surface area (Å²) in [5.74, 6) is 0.590. The summed E-state index contributed by atoms with van der Waals surface area (Å²) in [6.45, 7) is 6.06. The van der Waals surface area contributed by atoms with Crippen LogP contribution in [0.15, 0.2) is 79.7 Å². The van der Waals surface area contributed by atoms with Crippen LogP contribution in [-0.4, -0.2) is 40.1 Å². The number of anilines is 1. The fraction of sp³-hybridized carbons (Fsp3) is 0.0769. The minimum atomic E-state index is 0.590. The van der Waals surface area contributed by atoms with Gasteiger partial charge in [0.05, 0.1) is 28.6 Å².